The molecule has 0 saturated carbocycles. The predicted octanol–water partition coefficient (Wildman–Crippen LogP) is 9.64. The minimum Gasteiger partial charge on any atom is -0.465 e. The van der Waals surface area contributed by atoms with Crippen LogP contribution in [0.4, 0.5) is 0 Å². The van der Waals surface area contributed by atoms with Crippen molar-refractivity contribution >= 4 is 5.97 Å². The van der Waals surface area contributed by atoms with E-state index in [4.69, 9.17) is 4.74 Å². The summed E-state index contributed by atoms with van der Waals surface area (Å²) in [4.78, 5) is 12.1. The molecule has 180 valence electrons. The second kappa shape index (κ2) is 23.1. The Bertz CT molecular complexity index is 353. The van der Waals surface area contributed by atoms with Gasteiger partial charge in [0.15, 0.2) is 0 Å². The maximum atomic E-state index is 12.1. The number of carbonyl (C=O) groups is 1. The molecule has 0 saturated heterocycles. The third kappa shape index (κ3) is 20.7. The molecule has 0 radical (unpaired) electrons. The SMILES string of the molecule is CCCCCCCCCCCCCCOC(=O)C(C)CCCC(C)CCCCCC. The molecule has 0 aliphatic rings. The molecule has 0 amide bonds. The lowest BCUT2D eigenvalue weighted by molar-refractivity contribution is -0.148. The van der Waals surface area contributed by atoms with Crippen molar-refractivity contribution in [1.82, 2.24) is 0 Å². The molecule has 0 heterocycles. The van der Waals surface area contributed by atoms with Crippen LogP contribution in [0.1, 0.15) is 156 Å². The van der Waals surface area contributed by atoms with E-state index in [1.165, 1.54) is 109 Å². The molecule has 0 rings (SSSR count). The van der Waals surface area contributed by atoms with Crippen LogP contribution in [-0.2, 0) is 9.53 Å². The summed E-state index contributed by atoms with van der Waals surface area (Å²) in [5.74, 6) is 0.884. The van der Waals surface area contributed by atoms with Gasteiger partial charge in [-0.1, -0.05) is 143 Å². The molecule has 2 atom stereocenters. The third-order valence-electron chi connectivity index (χ3n) is 6.53. The summed E-state index contributed by atoms with van der Waals surface area (Å²) < 4.78 is 5.51. The third-order valence-corrected chi connectivity index (χ3v) is 6.53. The molecule has 30 heavy (non-hydrogen) atoms. The normalized spacial score (nSPS) is 13.3. The first-order valence-corrected chi connectivity index (χ1v) is 13.8. The molecule has 0 aromatic rings. The highest BCUT2D eigenvalue weighted by Crippen LogP contribution is 2.19. The van der Waals surface area contributed by atoms with E-state index in [-0.39, 0.29) is 11.9 Å². The maximum absolute atomic E-state index is 12.1. The number of unbranched alkanes of at least 4 members (excludes halogenated alkanes) is 14. The van der Waals surface area contributed by atoms with E-state index in [0.29, 0.717) is 6.61 Å². The zero-order chi connectivity index (χ0) is 22.3. The second-order valence-corrected chi connectivity index (χ2v) is 9.84. The smallest absolute Gasteiger partial charge is 0.308 e. The molecule has 0 aromatic heterocycles. The van der Waals surface area contributed by atoms with Gasteiger partial charge in [-0.05, 0) is 18.8 Å². The molecule has 0 aliphatic heterocycles. The Morgan fingerprint density at radius 3 is 1.53 bits per heavy atom. The van der Waals surface area contributed by atoms with Gasteiger partial charge >= 0.3 is 5.97 Å². The lowest BCUT2D eigenvalue weighted by Gasteiger charge is -2.14. The van der Waals surface area contributed by atoms with Gasteiger partial charge in [-0.15, -0.1) is 0 Å². The average Bonchev–Trinajstić information content (AvgIpc) is 2.74. The Morgan fingerprint density at radius 2 is 1.00 bits per heavy atom. The first-order valence-electron chi connectivity index (χ1n) is 13.8. The molecule has 0 spiro atoms. The van der Waals surface area contributed by atoms with Gasteiger partial charge in [-0.2, -0.15) is 0 Å². The van der Waals surface area contributed by atoms with Gasteiger partial charge in [0.25, 0.3) is 0 Å². The molecule has 0 aromatic carbocycles. The van der Waals surface area contributed by atoms with E-state index < -0.39 is 0 Å². The topological polar surface area (TPSA) is 26.3 Å². The Kier molecular flexibility index (Phi) is 22.7. The summed E-state index contributed by atoms with van der Waals surface area (Å²) in [5, 5.41) is 0. The van der Waals surface area contributed by atoms with Crippen molar-refractivity contribution in [2.75, 3.05) is 6.61 Å². The monoisotopic (exact) mass is 424 g/mol. The summed E-state index contributed by atoms with van der Waals surface area (Å²) in [6.45, 7) is 9.56. The summed E-state index contributed by atoms with van der Waals surface area (Å²) in [5.41, 5.74) is 0. The molecule has 2 unspecified atom stereocenters. The van der Waals surface area contributed by atoms with Gasteiger partial charge in [0.1, 0.15) is 0 Å². The van der Waals surface area contributed by atoms with E-state index in [1.807, 2.05) is 6.92 Å². The van der Waals surface area contributed by atoms with Crippen molar-refractivity contribution < 1.29 is 9.53 Å². The summed E-state index contributed by atoms with van der Waals surface area (Å²) in [7, 11) is 0. The van der Waals surface area contributed by atoms with Crippen molar-refractivity contribution in [3.8, 4) is 0 Å². The van der Waals surface area contributed by atoms with Gasteiger partial charge in [0.2, 0.25) is 0 Å². The van der Waals surface area contributed by atoms with E-state index in [0.717, 1.165) is 25.2 Å². The molecular formula is C28H56O2. The Morgan fingerprint density at radius 1 is 0.567 bits per heavy atom. The van der Waals surface area contributed by atoms with Crippen molar-refractivity contribution in [1.29, 1.82) is 0 Å². The molecule has 0 N–H and O–H groups in total. The maximum Gasteiger partial charge on any atom is 0.308 e. The molecule has 2 nitrogen and oxygen atoms in total. The van der Waals surface area contributed by atoms with E-state index in [9.17, 15) is 4.79 Å². The molecular weight excluding hydrogens is 368 g/mol. The molecule has 0 aliphatic carbocycles. The molecule has 0 bridgehead atoms. The quantitative estimate of drug-likeness (QED) is 0.120. The number of hydrogen-bond donors (Lipinski definition) is 0. The van der Waals surface area contributed by atoms with Crippen LogP contribution in [0.5, 0.6) is 0 Å². The summed E-state index contributed by atoms with van der Waals surface area (Å²) in [6.07, 6.45) is 26.2. The minimum atomic E-state index is 0.0219. The van der Waals surface area contributed by atoms with Crippen LogP contribution in [-0.4, -0.2) is 12.6 Å². The number of carbonyl (C=O) groups excluding carboxylic acids is 1. The average molecular weight is 425 g/mol. The van der Waals surface area contributed by atoms with Crippen LogP contribution in [0.2, 0.25) is 0 Å². The van der Waals surface area contributed by atoms with E-state index >= 15 is 0 Å². The fourth-order valence-electron chi connectivity index (χ4n) is 4.21. The molecule has 0 fully saturated rings. The minimum absolute atomic E-state index is 0.0219. The molecule has 2 heteroatoms. The summed E-state index contributed by atoms with van der Waals surface area (Å²) in [6, 6.07) is 0. The van der Waals surface area contributed by atoms with Gasteiger partial charge in [0, 0.05) is 0 Å². The van der Waals surface area contributed by atoms with Crippen molar-refractivity contribution in [3.63, 3.8) is 0 Å². The lowest BCUT2D eigenvalue weighted by Crippen LogP contribution is -2.15. The number of esters is 1. The second-order valence-electron chi connectivity index (χ2n) is 9.84. The largest absolute Gasteiger partial charge is 0.465 e. The van der Waals surface area contributed by atoms with Crippen LogP contribution < -0.4 is 0 Å². The highest BCUT2D eigenvalue weighted by atomic mass is 16.5. The Labute approximate surface area is 190 Å². The van der Waals surface area contributed by atoms with E-state index in [1.54, 1.807) is 0 Å². The number of ether oxygens (including phenoxy) is 1. The Hall–Kier alpha value is -0.530. The van der Waals surface area contributed by atoms with Gasteiger partial charge in [-0.3, -0.25) is 4.79 Å². The highest BCUT2D eigenvalue weighted by Gasteiger charge is 2.14. The van der Waals surface area contributed by atoms with Gasteiger partial charge in [-0.25, -0.2) is 0 Å². The zero-order valence-corrected chi connectivity index (χ0v) is 21.3. The first-order chi connectivity index (χ1) is 14.6. The van der Waals surface area contributed by atoms with Gasteiger partial charge < -0.3 is 4.74 Å². The van der Waals surface area contributed by atoms with Gasteiger partial charge in [0.05, 0.1) is 12.5 Å². The van der Waals surface area contributed by atoms with Crippen LogP contribution >= 0.6 is 0 Å². The van der Waals surface area contributed by atoms with Crippen LogP contribution in [0, 0.1) is 11.8 Å². The van der Waals surface area contributed by atoms with Crippen molar-refractivity contribution in [2.45, 2.75) is 156 Å². The van der Waals surface area contributed by atoms with Crippen LogP contribution in [0.3, 0.4) is 0 Å². The van der Waals surface area contributed by atoms with Crippen LogP contribution in [0.15, 0.2) is 0 Å². The zero-order valence-electron chi connectivity index (χ0n) is 21.3. The fourth-order valence-corrected chi connectivity index (χ4v) is 4.21. The fraction of sp³-hybridized carbons (Fsp3) is 0.964. The highest BCUT2D eigenvalue weighted by molar-refractivity contribution is 5.71. The predicted molar refractivity (Wildman–Crippen MR) is 133 cm³/mol. The van der Waals surface area contributed by atoms with Crippen molar-refractivity contribution in [2.24, 2.45) is 11.8 Å². The lowest BCUT2D eigenvalue weighted by atomic mass is 9.94. The van der Waals surface area contributed by atoms with Crippen LogP contribution in [0.25, 0.3) is 0 Å². The van der Waals surface area contributed by atoms with E-state index in [2.05, 4.69) is 20.8 Å². The first kappa shape index (κ1) is 29.5. The number of hydrogen-bond acceptors (Lipinski definition) is 2. The van der Waals surface area contributed by atoms with Crippen molar-refractivity contribution in [3.05, 3.63) is 0 Å². The summed E-state index contributed by atoms with van der Waals surface area (Å²) >= 11 is 0. The number of rotatable bonds is 23. The Balaban J connectivity index is 3.40. The standard InChI is InChI=1S/C28H56O2/c1-5-7-9-11-12-13-14-15-16-17-18-20-25-30-28(29)27(4)24-21-23-26(3)22-19-10-8-6-2/h26-27H,5-25H2,1-4H3.